The summed E-state index contributed by atoms with van der Waals surface area (Å²) in [6.07, 6.45) is -0.561. The SMILES string of the molecule is CC(O)C(C)(C)NCc1c(C(=O)O)oc2ccccc12. The number of rotatable bonds is 5. The lowest BCUT2D eigenvalue weighted by Crippen LogP contribution is -2.47. The summed E-state index contributed by atoms with van der Waals surface area (Å²) in [6.45, 7) is 5.73. The predicted octanol–water partition coefficient (Wildman–Crippen LogP) is 2.38. The molecule has 0 aliphatic carbocycles. The third-order valence-corrected chi connectivity index (χ3v) is 3.66. The normalized spacial score (nSPS) is 13.6. The molecular weight excluding hydrogens is 258 g/mol. The molecule has 1 aromatic heterocycles. The van der Waals surface area contributed by atoms with Crippen LogP contribution in [0.25, 0.3) is 11.0 Å². The average molecular weight is 277 g/mol. The number of nitrogens with one attached hydrogen (secondary N) is 1. The minimum atomic E-state index is -1.09. The number of aliphatic hydroxyl groups excluding tert-OH is 1. The van der Waals surface area contributed by atoms with Gasteiger partial charge in [-0.05, 0) is 26.8 Å². The molecule has 1 heterocycles. The van der Waals surface area contributed by atoms with E-state index in [0.717, 1.165) is 5.39 Å². The molecule has 0 aliphatic heterocycles. The second kappa shape index (κ2) is 5.26. The van der Waals surface area contributed by atoms with Gasteiger partial charge in [0.05, 0.1) is 6.10 Å². The molecule has 0 saturated heterocycles. The molecule has 0 radical (unpaired) electrons. The maximum atomic E-state index is 11.3. The Morgan fingerprint density at radius 3 is 2.65 bits per heavy atom. The number of benzene rings is 1. The maximum absolute atomic E-state index is 11.3. The van der Waals surface area contributed by atoms with E-state index >= 15 is 0 Å². The van der Waals surface area contributed by atoms with Crippen molar-refractivity contribution in [2.75, 3.05) is 0 Å². The van der Waals surface area contributed by atoms with E-state index in [2.05, 4.69) is 5.32 Å². The van der Waals surface area contributed by atoms with Crippen LogP contribution in [0.15, 0.2) is 28.7 Å². The largest absolute Gasteiger partial charge is 0.475 e. The fourth-order valence-electron chi connectivity index (χ4n) is 1.91. The molecule has 1 aromatic carbocycles. The van der Waals surface area contributed by atoms with Crippen molar-refractivity contribution >= 4 is 16.9 Å². The van der Waals surface area contributed by atoms with E-state index in [1.54, 1.807) is 19.1 Å². The van der Waals surface area contributed by atoms with Crippen molar-refractivity contribution in [3.8, 4) is 0 Å². The van der Waals surface area contributed by atoms with Gasteiger partial charge in [-0.2, -0.15) is 0 Å². The van der Waals surface area contributed by atoms with Gasteiger partial charge in [0.15, 0.2) is 0 Å². The van der Waals surface area contributed by atoms with Crippen LogP contribution in [-0.2, 0) is 6.54 Å². The van der Waals surface area contributed by atoms with Crippen molar-refractivity contribution in [1.82, 2.24) is 5.32 Å². The summed E-state index contributed by atoms with van der Waals surface area (Å²) >= 11 is 0. The fourth-order valence-corrected chi connectivity index (χ4v) is 1.91. The zero-order valence-electron chi connectivity index (χ0n) is 11.8. The Morgan fingerprint density at radius 2 is 2.05 bits per heavy atom. The molecule has 1 atom stereocenters. The van der Waals surface area contributed by atoms with Gasteiger partial charge in [0, 0.05) is 23.0 Å². The number of aliphatic hydroxyl groups is 1. The van der Waals surface area contributed by atoms with Gasteiger partial charge in [0.1, 0.15) is 5.58 Å². The molecule has 20 heavy (non-hydrogen) atoms. The number of carboxylic acids is 1. The summed E-state index contributed by atoms with van der Waals surface area (Å²) in [4.78, 5) is 11.3. The lowest BCUT2D eigenvalue weighted by Gasteiger charge is -2.29. The van der Waals surface area contributed by atoms with Crippen LogP contribution in [0.1, 0.15) is 36.9 Å². The third kappa shape index (κ3) is 2.69. The number of para-hydroxylation sites is 1. The smallest absolute Gasteiger partial charge is 0.372 e. The summed E-state index contributed by atoms with van der Waals surface area (Å²) < 4.78 is 5.38. The number of hydrogen-bond donors (Lipinski definition) is 3. The van der Waals surface area contributed by atoms with Gasteiger partial charge in [0.25, 0.3) is 0 Å². The fraction of sp³-hybridized carbons (Fsp3) is 0.400. The number of furan rings is 1. The number of carbonyl (C=O) groups is 1. The highest BCUT2D eigenvalue weighted by Crippen LogP contribution is 2.26. The Labute approximate surface area is 117 Å². The number of fused-ring (bicyclic) bond motifs is 1. The molecule has 1 unspecified atom stereocenters. The second-order valence-electron chi connectivity index (χ2n) is 5.46. The predicted molar refractivity (Wildman–Crippen MR) is 75.8 cm³/mol. The molecule has 2 aromatic rings. The highest BCUT2D eigenvalue weighted by Gasteiger charge is 2.26. The van der Waals surface area contributed by atoms with Gasteiger partial charge < -0.3 is 19.9 Å². The van der Waals surface area contributed by atoms with Gasteiger partial charge in [0.2, 0.25) is 5.76 Å². The van der Waals surface area contributed by atoms with Crippen LogP contribution in [0.2, 0.25) is 0 Å². The lowest BCUT2D eigenvalue weighted by atomic mass is 9.98. The van der Waals surface area contributed by atoms with Gasteiger partial charge in [-0.25, -0.2) is 4.79 Å². The first-order valence-electron chi connectivity index (χ1n) is 6.49. The molecule has 0 fully saturated rings. The lowest BCUT2D eigenvalue weighted by molar-refractivity contribution is 0.0661. The summed E-state index contributed by atoms with van der Waals surface area (Å²) in [6, 6.07) is 7.21. The Hall–Kier alpha value is -1.85. The molecule has 0 saturated carbocycles. The zero-order valence-corrected chi connectivity index (χ0v) is 11.8. The van der Waals surface area contributed by atoms with Crippen LogP contribution in [0.4, 0.5) is 0 Å². The Kier molecular flexibility index (Phi) is 3.83. The van der Waals surface area contributed by atoms with Crippen molar-refractivity contribution in [1.29, 1.82) is 0 Å². The Bertz CT molecular complexity index is 628. The van der Waals surface area contributed by atoms with E-state index < -0.39 is 17.6 Å². The van der Waals surface area contributed by atoms with E-state index in [4.69, 9.17) is 4.42 Å². The molecular formula is C15H19NO4. The van der Waals surface area contributed by atoms with Crippen molar-refractivity contribution in [3.63, 3.8) is 0 Å². The third-order valence-electron chi connectivity index (χ3n) is 3.66. The molecule has 108 valence electrons. The van der Waals surface area contributed by atoms with Crippen LogP contribution in [0, 0.1) is 0 Å². The van der Waals surface area contributed by atoms with Gasteiger partial charge in [-0.1, -0.05) is 18.2 Å². The van der Waals surface area contributed by atoms with E-state index in [1.165, 1.54) is 0 Å². The molecule has 3 N–H and O–H groups in total. The van der Waals surface area contributed by atoms with Gasteiger partial charge in [-0.3, -0.25) is 0 Å². The molecule has 0 bridgehead atoms. The average Bonchev–Trinajstić information content (AvgIpc) is 2.75. The molecule has 2 rings (SSSR count). The first-order valence-corrected chi connectivity index (χ1v) is 6.49. The van der Waals surface area contributed by atoms with Crippen molar-refractivity contribution < 1.29 is 19.4 Å². The molecule has 5 heteroatoms. The Balaban J connectivity index is 2.37. The quantitative estimate of drug-likeness (QED) is 0.781. The molecule has 5 nitrogen and oxygen atoms in total. The van der Waals surface area contributed by atoms with E-state index in [0.29, 0.717) is 17.7 Å². The summed E-state index contributed by atoms with van der Waals surface area (Å²) in [5.41, 5.74) is 0.632. The van der Waals surface area contributed by atoms with Crippen LogP contribution in [0.3, 0.4) is 0 Å². The van der Waals surface area contributed by atoms with Gasteiger partial charge >= 0.3 is 5.97 Å². The number of carboxylic acid groups (broad SMARTS) is 1. The molecule has 0 amide bonds. The van der Waals surface area contributed by atoms with E-state index in [1.807, 2.05) is 26.0 Å². The van der Waals surface area contributed by atoms with E-state index in [-0.39, 0.29) is 5.76 Å². The highest BCUT2D eigenvalue weighted by atomic mass is 16.4. The topological polar surface area (TPSA) is 82.7 Å². The first kappa shape index (κ1) is 14.6. The summed E-state index contributed by atoms with van der Waals surface area (Å²) in [7, 11) is 0. The zero-order chi connectivity index (χ0) is 14.9. The van der Waals surface area contributed by atoms with E-state index in [9.17, 15) is 15.0 Å². The van der Waals surface area contributed by atoms with Crippen molar-refractivity contribution in [2.24, 2.45) is 0 Å². The number of aromatic carboxylic acids is 1. The van der Waals surface area contributed by atoms with Crippen LogP contribution in [0.5, 0.6) is 0 Å². The second-order valence-corrected chi connectivity index (χ2v) is 5.46. The summed E-state index contributed by atoms with van der Waals surface area (Å²) in [5, 5.41) is 22.9. The van der Waals surface area contributed by atoms with Crippen molar-refractivity contribution in [2.45, 2.75) is 39.0 Å². The standard InChI is InChI=1S/C15H19NO4/c1-9(17)15(2,3)16-8-11-10-6-4-5-7-12(10)20-13(11)14(18)19/h4-7,9,16-17H,8H2,1-3H3,(H,18,19). The molecule has 0 spiro atoms. The minimum Gasteiger partial charge on any atom is -0.475 e. The summed E-state index contributed by atoms with van der Waals surface area (Å²) in [5.74, 6) is -1.15. The number of hydrogen-bond acceptors (Lipinski definition) is 4. The van der Waals surface area contributed by atoms with Gasteiger partial charge in [-0.15, -0.1) is 0 Å². The minimum absolute atomic E-state index is 0.0555. The van der Waals surface area contributed by atoms with Crippen LogP contribution >= 0.6 is 0 Å². The highest BCUT2D eigenvalue weighted by molar-refractivity contribution is 5.95. The Morgan fingerprint density at radius 1 is 1.40 bits per heavy atom. The van der Waals surface area contributed by atoms with Crippen molar-refractivity contribution in [3.05, 3.63) is 35.6 Å². The van der Waals surface area contributed by atoms with Crippen LogP contribution < -0.4 is 5.32 Å². The molecule has 0 aliphatic rings. The maximum Gasteiger partial charge on any atom is 0.372 e. The monoisotopic (exact) mass is 277 g/mol. The van der Waals surface area contributed by atoms with Crippen LogP contribution in [-0.4, -0.2) is 27.8 Å². The first-order chi connectivity index (χ1) is 9.33.